The fraction of sp³-hybridized carbons (Fsp3) is 0.458. The van der Waals surface area contributed by atoms with Crippen molar-refractivity contribution in [3.63, 3.8) is 0 Å². The molecule has 1 amide bonds. The molecule has 28 heavy (non-hydrogen) atoms. The van der Waals surface area contributed by atoms with E-state index in [1.165, 1.54) is 22.3 Å². The normalized spacial score (nSPS) is 25.9. The number of benzene rings is 2. The van der Waals surface area contributed by atoms with Gasteiger partial charge in [0.15, 0.2) is 0 Å². The van der Waals surface area contributed by atoms with Crippen LogP contribution < -0.4 is 0 Å². The predicted octanol–water partition coefficient (Wildman–Crippen LogP) is 4.56. The second-order valence-corrected chi connectivity index (χ2v) is 8.53. The minimum Gasteiger partial charge on any atom is -0.448 e. The van der Waals surface area contributed by atoms with Crippen LogP contribution in [-0.2, 0) is 4.74 Å². The number of amides is 1. The standard InChI is InChI=1S/C24H27NO3/c26-16-24-12-5-11-22(24)25(14-6-13-24)23(27)28-15-21-19-9-3-1-7-17(19)18-8-2-4-10-20(18)21/h1-4,7-10,21-22,26H,5-6,11-16H2/t22-,24-/m1/s1. The van der Waals surface area contributed by atoms with E-state index in [1.54, 1.807) is 0 Å². The van der Waals surface area contributed by atoms with Gasteiger partial charge in [0.25, 0.3) is 0 Å². The van der Waals surface area contributed by atoms with Crippen LogP contribution >= 0.6 is 0 Å². The summed E-state index contributed by atoms with van der Waals surface area (Å²) in [6.07, 6.45) is 4.82. The highest BCUT2D eigenvalue weighted by Crippen LogP contribution is 2.48. The SMILES string of the molecule is O=C(OCC1c2ccccc2-c2ccccc21)N1CCC[C@@]2(CO)CCC[C@@H]12. The maximum atomic E-state index is 13.0. The van der Waals surface area contributed by atoms with Gasteiger partial charge < -0.3 is 14.7 Å². The molecule has 146 valence electrons. The van der Waals surface area contributed by atoms with E-state index in [2.05, 4.69) is 48.5 Å². The van der Waals surface area contributed by atoms with Gasteiger partial charge in [0, 0.05) is 23.9 Å². The lowest BCUT2D eigenvalue weighted by Crippen LogP contribution is -2.53. The number of aliphatic hydroxyl groups excluding tert-OH is 1. The number of piperidine rings is 1. The number of rotatable bonds is 3. The molecule has 2 aliphatic carbocycles. The van der Waals surface area contributed by atoms with Crippen LogP contribution in [0.25, 0.3) is 11.1 Å². The van der Waals surface area contributed by atoms with Crippen LogP contribution in [0.3, 0.4) is 0 Å². The molecule has 0 bridgehead atoms. The molecule has 2 atom stereocenters. The number of hydrogen-bond donors (Lipinski definition) is 1. The number of hydrogen-bond acceptors (Lipinski definition) is 3. The van der Waals surface area contributed by atoms with E-state index in [1.807, 2.05) is 4.90 Å². The van der Waals surface area contributed by atoms with E-state index in [0.29, 0.717) is 6.61 Å². The Morgan fingerprint density at radius 1 is 1.04 bits per heavy atom. The lowest BCUT2D eigenvalue weighted by atomic mass is 9.76. The van der Waals surface area contributed by atoms with Crippen LogP contribution in [0.5, 0.6) is 0 Å². The molecule has 0 spiro atoms. The van der Waals surface area contributed by atoms with E-state index in [0.717, 1.165) is 38.6 Å². The van der Waals surface area contributed by atoms with Crippen molar-refractivity contribution in [3.05, 3.63) is 59.7 Å². The molecule has 4 nitrogen and oxygen atoms in total. The third kappa shape index (κ3) is 2.66. The fourth-order valence-electron chi connectivity index (χ4n) is 5.81. The summed E-state index contributed by atoms with van der Waals surface area (Å²) in [7, 11) is 0. The summed E-state index contributed by atoms with van der Waals surface area (Å²) in [4.78, 5) is 14.9. The highest BCUT2D eigenvalue weighted by Gasteiger charge is 2.49. The Morgan fingerprint density at radius 2 is 1.68 bits per heavy atom. The van der Waals surface area contributed by atoms with Crippen LogP contribution in [-0.4, -0.2) is 41.9 Å². The molecular weight excluding hydrogens is 350 g/mol. The first-order valence-electron chi connectivity index (χ1n) is 10.5. The van der Waals surface area contributed by atoms with Gasteiger partial charge in [-0.25, -0.2) is 4.79 Å². The van der Waals surface area contributed by atoms with E-state index >= 15 is 0 Å². The monoisotopic (exact) mass is 377 g/mol. The molecule has 0 unspecified atom stereocenters. The average molecular weight is 377 g/mol. The van der Waals surface area contributed by atoms with E-state index in [4.69, 9.17) is 4.74 Å². The molecule has 1 N–H and O–H groups in total. The second kappa shape index (κ2) is 6.93. The van der Waals surface area contributed by atoms with E-state index < -0.39 is 0 Å². The number of ether oxygens (including phenoxy) is 1. The summed E-state index contributed by atoms with van der Waals surface area (Å²) < 4.78 is 5.88. The van der Waals surface area contributed by atoms with Gasteiger partial charge in [-0.2, -0.15) is 0 Å². The van der Waals surface area contributed by atoms with Gasteiger partial charge in [-0.05, 0) is 47.9 Å². The molecule has 2 aromatic carbocycles. The van der Waals surface area contributed by atoms with Gasteiger partial charge in [0.2, 0.25) is 0 Å². The zero-order chi connectivity index (χ0) is 19.1. The van der Waals surface area contributed by atoms with Gasteiger partial charge in [0.05, 0.1) is 6.61 Å². The van der Waals surface area contributed by atoms with Crippen LogP contribution in [0, 0.1) is 5.41 Å². The highest BCUT2D eigenvalue weighted by atomic mass is 16.6. The molecule has 1 saturated carbocycles. The Bertz CT molecular complexity index is 849. The zero-order valence-corrected chi connectivity index (χ0v) is 16.1. The highest BCUT2D eigenvalue weighted by molar-refractivity contribution is 5.79. The van der Waals surface area contributed by atoms with Crippen LogP contribution in [0.2, 0.25) is 0 Å². The molecule has 5 rings (SSSR count). The van der Waals surface area contributed by atoms with Crippen molar-refractivity contribution in [3.8, 4) is 11.1 Å². The number of carbonyl (C=O) groups is 1. The van der Waals surface area contributed by atoms with Gasteiger partial charge in [0.1, 0.15) is 6.61 Å². The van der Waals surface area contributed by atoms with Crippen LogP contribution in [0.15, 0.2) is 48.5 Å². The maximum Gasteiger partial charge on any atom is 0.410 e. The topological polar surface area (TPSA) is 49.8 Å². The Balaban J connectivity index is 1.35. The van der Waals surface area contributed by atoms with Gasteiger partial charge >= 0.3 is 6.09 Å². The molecule has 0 radical (unpaired) electrons. The van der Waals surface area contributed by atoms with Crippen molar-refractivity contribution in [2.45, 2.75) is 44.1 Å². The number of carbonyl (C=O) groups excluding carboxylic acids is 1. The first kappa shape index (κ1) is 17.7. The van der Waals surface area contributed by atoms with Crippen LogP contribution in [0.4, 0.5) is 4.79 Å². The van der Waals surface area contributed by atoms with E-state index in [-0.39, 0.29) is 30.1 Å². The molecule has 2 aromatic rings. The van der Waals surface area contributed by atoms with Crippen molar-refractivity contribution < 1.29 is 14.6 Å². The smallest absolute Gasteiger partial charge is 0.410 e. The van der Waals surface area contributed by atoms with Gasteiger partial charge in [-0.15, -0.1) is 0 Å². The van der Waals surface area contributed by atoms with Crippen molar-refractivity contribution in [2.24, 2.45) is 5.41 Å². The molecule has 2 fully saturated rings. The Morgan fingerprint density at radius 3 is 2.36 bits per heavy atom. The lowest BCUT2D eigenvalue weighted by Gasteiger charge is -2.45. The Hall–Kier alpha value is -2.33. The zero-order valence-electron chi connectivity index (χ0n) is 16.1. The number of aliphatic hydroxyl groups is 1. The molecule has 3 aliphatic rings. The fourth-order valence-corrected chi connectivity index (χ4v) is 5.81. The largest absolute Gasteiger partial charge is 0.448 e. The molecule has 1 aliphatic heterocycles. The van der Waals surface area contributed by atoms with Crippen molar-refractivity contribution in [1.82, 2.24) is 4.90 Å². The van der Waals surface area contributed by atoms with E-state index in [9.17, 15) is 9.90 Å². The Kier molecular flexibility index (Phi) is 4.39. The summed E-state index contributed by atoms with van der Waals surface area (Å²) in [5.41, 5.74) is 4.85. The maximum absolute atomic E-state index is 13.0. The molecule has 4 heteroatoms. The quantitative estimate of drug-likeness (QED) is 0.853. The average Bonchev–Trinajstić information content (AvgIpc) is 3.32. The third-order valence-electron chi connectivity index (χ3n) is 7.19. The van der Waals surface area contributed by atoms with Crippen molar-refractivity contribution in [2.75, 3.05) is 19.8 Å². The summed E-state index contributed by atoms with van der Waals surface area (Å²) in [5, 5.41) is 9.99. The first-order valence-corrected chi connectivity index (χ1v) is 10.5. The molecule has 0 aromatic heterocycles. The lowest BCUT2D eigenvalue weighted by molar-refractivity contribution is -0.00773. The Labute approximate surface area is 166 Å². The van der Waals surface area contributed by atoms with Crippen LogP contribution in [0.1, 0.15) is 49.1 Å². The van der Waals surface area contributed by atoms with Gasteiger partial charge in [-0.3, -0.25) is 0 Å². The minimum absolute atomic E-state index is 0.0901. The molecule has 1 heterocycles. The second-order valence-electron chi connectivity index (χ2n) is 8.53. The summed E-state index contributed by atoms with van der Waals surface area (Å²) >= 11 is 0. The molecule has 1 saturated heterocycles. The number of nitrogens with zero attached hydrogens (tertiary/aromatic N) is 1. The predicted molar refractivity (Wildman–Crippen MR) is 108 cm³/mol. The van der Waals surface area contributed by atoms with Gasteiger partial charge in [-0.1, -0.05) is 55.0 Å². The summed E-state index contributed by atoms with van der Waals surface area (Å²) in [5.74, 6) is 0.0901. The third-order valence-corrected chi connectivity index (χ3v) is 7.19. The minimum atomic E-state index is -0.216. The number of fused-ring (bicyclic) bond motifs is 4. The number of likely N-dealkylation sites (tertiary alicyclic amines) is 1. The summed E-state index contributed by atoms with van der Waals surface area (Å²) in [6, 6.07) is 16.9. The van der Waals surface area contributed by atoms with Crippen molar-refractivity contribution >= 4 is 6.09 Å². The molecular formula is C24H27NO3. The first-order chi connectivity index (χ1) is 13.7. The van der Waals surface area contributed by atoms with Crippen molar-refractivity contribution in [1.29, 1.82) is 0 Å². The summed E-state index contributed by atoms with van der Waals surface area (Å²) in [6.45, 7) is 1.27.